The van der Waals surface area contributed by atoms with Gasteiger partial charge in [0.1, 0.15) is 5.85 Å². The Morgan fingerprint density at radius 2 is 2.22 bits per heavy atom. The maximum absolute atomic E-state index is 11.2. The molecule has 0 radical (unpaired) electrons. The predicted molar refractivity (Wildman–Crippen MR) is 36.8 cm³/mol. The van der Waals surface area contributed by atoms with Crippen LogP contribution >= 0.6 is 7.37 Å². The highest BCUT2D eigenvalue weighted by molar-refractivity contribution is 7.59. The van der Waals surface area contributed by atoms with E-state index >= 15 is 0 Å². The number of hydrogen-bond donors (Lipinski definition) is 1. The summed E-state index contributed by atoms with van der Waals surface area (Å²) in [5.74, 6) is -0.840. The number of aliphatic hydroxyl groups is 1. The SMILES string of the molecule is CCP(=O)(OC)C(C)O. The van der Waals surface area contributed by atoms with E-state index < -0.39 is 13.2 Å². The molecular formula is C5H13O3P. The summed E-state index contributed by atoms with van der Waals surface area (Å²) in [5, 5.41) is 8.88. The molecule has 2 atom stereocenters. The fourth-order valence-corrected chi connectivity index (χ4v) is 1.64. The summed E-state index contributed by atoms with van der Waals surface area (Å²) in [5.41, 5.74) is 0. The van der Waals surface area contributed by atoms with Gasteiger partial charge in [-0.05, 0) is 6.92 Å². The second-order valence-corrected chi connectivity index (χ2v) is 5.05. The van der Waals surface area contributed by atoms with E-state index in [2.05, 4.69) is 4.52 Å². The monoisotopic (exact) mass is 152 g/mol. The minimum absolute atomic E-state index is 0.390. The van der Waals surface area contributed by atoms with E-state index in [1.807, 2.05) is 0 Å². The fraction of sp³-hybridized carbons (Fsp3) is 1.00. The first-order chi connectivity index (χ1) is 4.06. The van der Waals surface area contributed by atoms with Gasteiger partial charge in [-0.1, -0.05) is 6.92 Å². The quantitative estimate of drug-likeness (QED) is 0.619. The molecule has 0 aromatic carbocycles. The number of hydrogen-bond acceptors (Lipinski definition) is 3. The van der Waals surface area contributed by atoms with Gasteiger partial charge in [0.15, 0.2) is 0 Å². The Morgan fingerprint density at radius 3 is 2.22 bits per heavy atom. The molecule has 0 fully saturated rings. The molecule has 3 nitrogen and oxygen atoms in total. The van der Waals surface area contributed by atoms with Crippen LogP contribution in [0.1, 0.15) is 13.8 Å². The van der Waals surface area contributed by atoms with Crippen molar-refractivity contribution in [2.24, 2.45) is 0 Å². The number of aliphatic hydroxyl groups excluding tert-OH is 1. The normalized spacial score (nSPS) is 20.9. The Hall–Kier alpha value is 0.150. The van der Waals surface area contributed by atoms with Gasteiger partial charge in [0, 0.05) is 13.3 Å². The molecule has 0 saturated carbocycles. The van der Waals surface area contributed by atoms with Gasteiger partial charge < -0.3 is 9.63 Å². The van der Waals surface area contributed by atoms with Crippen molar-refractivity contribution in [3.8, 4) is 0 Å². The molecule has 1 N–H and O–H groups in total. The molecule has 0 spiro atoms. The standard InChI is InChI=1S/C5H13O3P/c1-4-9(7,8-3)5(2)6/h5-6H,4H2,1-3H3. The molecule has 0 aromatic rings. The van der Waals surface area contributed by atoms with Crippen LogP contribution in [0, 0.1) is 0 Å². The van der Waals surface area contributed by atoms with Crippen LogP contribution in [0.3, 0.4) is 0 Å². The Labute approximate surface area is 55.5 Å². The van der Waals surface area contributed by atoms with Crippen LogP contribution in [0.25, 0.3) is 0 Å². The van der Waals surface area contributed by atoms with Gasteiger partial charge in [0.05, 0.1) is 0 Å². The van der Waals surface area contributed by atoms with Gasteiger partial charge in [-0.25, -0.2) is 0 Å². The summed E-state index contributed by atoms with van der Waals surface area (Å²) in [6.07, 6.45) is 0.390. The molecule has 0 saturated heterocycles. The van der Waals surface area contributed by atoms with Crippen LogP contribution in [0.5, 0.6) is 0 Å². The molecule has 0 aromatic heterocycles. The predicted octanol–water partition coefficient (Wildman–Crippen LogP) is 1.27. The van der Waals surface area contributed by atoms with Crippen molar-refractivity contribution in [3.63, 3.8) is 0 Å². The molecule has 4 heteroatoms. The van der Waals surface area contributed by atoms with Gasteiger partial charge in [0.25, 0.3) is 0 Å². The summed E-state index contributed by atoms with van der Waals surface area (Å²) in [6.45, 7) is 3.21. The van der Waals surface area contributed by atoms with Gasteiger partial charge in [0.2, 0.25) is 7.37 Å². The largest absolute Gasteiger partial charge is 0.383 e. The van der Waals surface area contributed by atoms with Crippen LogP contribution in [0.2, 0.25) is 0 Å². The Morgan fingerprint density at radius 1 is 1.78 bits per heavy atom. The molecule has 0 aliphatic heterocycles. The van der Waals surface area contributed by atoms with Crippen LogP contribution in [0.15, 0.2) is 0 Å². The molecule has 0 aliphatic carbocycles. The Kier molecular flexibility index (Phi) is 3.41. The fourth-order valence-electron chi connectivity index (χ4n) is 0.546. The van der Waals surface area contributed by atoms with Gasteiger partial charge >= 0.3 is 0 Å². The summed E-state index contributed by atoms with van der Waals surface area (Å²) < 4.78 is 15.8. The van der Waals surface area contributed by atoms with E-state index in [0.29, 0.717) is 6.16 Å². The van der Waals surface area contributed by atoms with Crippen molar-refractivity contribution in [1.82, 2.24) is 0 Å². The van der Waals surface area contributed by atoms with Gasteiger partial charge in [-0.2, -0.15) is 0 Å². The third-order valence-corrected chi connectivity index (χ3v) is 3.96. The summed E-state index contributed by atoms with van der Waals surface area (Å²) >= 11 is 0. The highest BCUT2D eigenvalue weighted by Gasteiger charge is 2.24. The van der Waals surface area contributed by atoms with E-state index in [1.165, 1.54) is 14.0 Å². The third kappa shape index (κ3) is 2.09. The minimum Gasteiger partial charge on any atom is -0.383 e. The molecule has 0 aliphatic rings. The van der Waals surface area contributed by atoms with E-state index in [0.717, 1.165) is 0 Å². The molecule has 0 bridgehead atoms. The molecule has 0 amide bonds. The maximum atomic E-state index is 11.2. The Balaban J connectivity index is 4.11. The van der Waals surface area contributed by atoms with Crippen molar-refractivity contribution in [1.29, 1.82) is 0 Å². The zero-order chi connectivity index (χ0) is 7.49. The Bertz CT molecular complexity index is 113. The topological polar surface area (TPSA) is 46.5 Å². The van der Waals surface area contributed by atoms with E-state index in [9.17, 15) is 4.57 Å². The average molecular weight is 152 g/mol. The number of rotatable bonds is 3. The minimum atomic E-state index is -2.70. The highest BCUT2D eigenvalue weighted by atomic mass is 31.2. The zero-order valence-electron chi connectivity index (χ0n) is 6.00. The molecule has 9 heavy (non-hydrogen) atoms. The van der Waals surface area contributed by atoms with Crippen molar-refractivity contribution in [2.45, 2.75) is 19.7 Å². The lowest BCUT2D eigenvalue weighted by atomic mass is 10.9. The van der Waals surface area contributed by atoms with Crippen molar-refractivity contribution < 1.29 is 14.2 Å². The maximum Gasteiger partial charge on any atom is 0.229 e. The molecule has 2 unspecified atom stereocenters. The van der Waals surface area contributed by atoms with Crippen LogP contribution in [-0.2, 0) is 9.09 Å². The van der Waals surface area contributed by atoms with Crippen LogP contribution < -0.4 is 0 Å². The molecule has 56 valence electrons. The summed E-state index contributed by atoms with van der Waals surface area (Å²) in [6, 6.07) is 0. The average Bonchev–Trinajstić information content (AvgIpc) is 1.86. The van der Waals surface area contributed by atoms with Crippen LogP contribution in [-0.4, -0.2) is 24.2 Å². The molecule has 0 heterocycles. The van der Waals surface area contributed by atoms with E-state index in [4.69, 9.17) is 5.11 Å². The van der Waals surface area contributed by atoms with Crippen molar-refractivity contribution in [2.75, 3.05) is 13.3 Å². The summed E-state index contributed by atoms with van der Waals surface area (Å²) in [7, 11) is -1.34. The van der Waals surface area contributed by atoms with E-state index in [-0.39, 0.29) is 0 Å². The van der Waals surface area contributed by atoms with Crippen molar-refractivity contribution >= 4 is 7.37 Å². The van der Waals surface area contributed by atoms with Crippen molar-refractivity contribution in [3.05, 3.63) is 0 Å². The lowest BCUT2D eigenvalue weighted by Gasteiger charge is -2.15. The second-order valence-electron chi connectivity index (χ2n) is 1.86. The first-order valence-corrected chi connectivity index (χ1v) is 4.77. The lowest BCUT2D eigenvalue weighted by Crippen LogP contribution is -2.04. The third-order valence-electron chi connectivity index (χ3n) is 1.32. The smallest absolute Gasteiger partial charge is 0.229 e. The van der Waals surface area contributed by atoms with Gasteiger partial charge in [-0.15, -0.1) is 0 Å². The molecule has 0 rings (SSSR count). The van der Waals surface area contributed by atoms with Gasteiger partial charge in [-0.3, -0.25) is 4.57 Å². The molecular weight excluding hydrogens is 139 g/mol. The van der Waals surface area contributed by atoms with Crippen LogP contribution in [0.4, 0.5) is 0 Å². The zero-order valence-corrected chi connectivity index (χ0v) is 6.89. The lowest BCUT2D eigenvalue weighted by molar-refractivity contribution is 0.237. The first-order valence-electron chi connectivity index (χ1n) is 2.89. The summed E-state index contributed by atoms with van der Waals surface area (Å²) in [4.78, 5) is 0. The second kappa shape index (κ2) is 3.35. The first kappa shape index (κ1) is 9.15. The highest BCUT2D eigenvalue weighted by Crippen LogP contribution is 2.49. The van der Waals surface area contributed by atoms with E-state index in [1.54, 1.807) is 6.92 Å².